The molecule has 264 valence electrons. The average Bonchev–Trinajstić information content (AvgIpc) is 2.83. The van der Waals surface area contributed by atoms with E-state index in [1.54, 1.807) is 0 Å². The molecular formula is C38H76O4Si3. The molecule has 0 heterocycles. The molecule has 0 bridgehead atoms. The third-order valence-corrected chi connectivity index (χ3v) is 23.5. The first-order chi connectivity index (χ1) is 19.7. The van der Waals surface area contributed by atoms with Gasteiger partial charge in [-0.15, -0.1) is 5.54 Å². The maximum Gasteiger partial charge on any atom is 0.192 e. The standard InChI is InChI=1S/C38H76O4Si3/c1-32(2,3)44(16,17)41-28-34(7,8)24-22-29-20-21-30-35(9,10)37(12,42-45(18,19)33(4,5)6)26-25-36(30,11)38(29,40)31(39)23-27-43(13,14)15/h29-31,39-40H,20-22,24-26,28H2,1-19H3/t29-,30-,31+,36-,37-,38-/m0/s1. The van der Waals surface area contributed by atoms with Crippen molar-refractivity contribution >= 4 is 24.7 Å². The van der Waals surface area contributed by atoms with Gasteiger partial charge in [-0.25, -0.2) is 0 Å². The van der Waals surface area contributed by atoms with Crippen molar-refractivity contribution in [2.75, 3.05) is 6.61 Å². The number of aliphatic hydroxyl groups excluding tert-OH is 1. The van der Waals surface area contributed by atoms with Gasteiger partial charge in [0.25, 0.3) is 0 Å². The van der Waals surface area contributed by atoms with Gasteiger partial charge in [-0.1, -0.05) is 102 Å². The van der Waals surface area contributed by atoms with Gasteiger partial charge in [0, 0.05) is 12.0 Å². The van der Waals surface area contributed by atoms with Gasteiger partial charge in [-0.2, -0.15) is 0 Å². The van der Waals surface area contributed by atoms with Gasteiger partial charge in [-0.05, 0) is 104 Å². The molecule has 2 saturated carbocycles. The third kappa shape index (κ3) is 8.27. The van der Waals surface area contributed by atoms with E-state index < -0.39 is 41.8 Å². The number of fused-ring (bicyclic) bond motifs is 1. The summed E-state index contributed by atoms with van der Waals surface area (Å²) < 4.78 is 14.0. The van der Waals surface area contributed by atoms with Gasteiger partial charge < -0.3 is 19.1 Å². The minimum Gasteiger partial charge on any atom is -0.416 e. The summed E-state index contributed by atoms with van der Waals surface area (Å²) in [6.07, 6.45) is 4.34. The zero-order chi connectivity index (χ0) is 35.5. The highest BCUT2D eigenvalue weighted by Crippen LogP contribution is 2.68. The van der Waals surface area contributed by atoms with Crippen LogP contribution in [0.3, 0.4) is 0 Å². The summed E-state index contributed by atoms with van der Waals surface area (Å²) in [5.74, 6) is 3.43. The Labute approximate surface area is 283 Å². The fraction of sp³-hybridized carbons (Fsp3) is 0.947. The van der Waals surface area contributed by atoms with Crippen LogP contribution in [0.1, 0.15) is 122 Å². The normalized spacial score (nSPS) is 32.4. The van der Waals surface area contributed by atoms with E-state index in [-0.39, 0.29) is 38.3 Å². The highest BCUT2D eigenvalue weighted by atomic mass is 28.4. The molecule has 0 aromatic rings. The first-order valence-electron chi connectivity index (χ1n) is 18.0. The lowest BCUT2D eigenvalue weighted by molar-refractivity contribution is -0.272. The minimum absolute atomic E-state index is 0.0233. The molecule has 7 heteroatoms. The van der Waals surface area contributed by atoms with Crippen LogP contribution in [0.5, 0.6) is 0 Å². The topological polar surface area (TPSA) is 58.9 Å². The molecule has 2 rings (SSSR count). The Morgan fingerprint density at radius 1 is 0.800 bits per heavy atom. The molecule has 4 nitrogen and oxygen atoms in total. The molecule has 2 aliphatic rings. The van der Waals surface area contributed by atoms with Crippen molar-refractivity contribution in [3.8, 4) is 11.5 Å². The molecule has 0 aromatic carbocycles. The van der Waals surface area contributed by atoms with Crippen LogP contribution in [0.15, 0.2) is 0 Å². The quantitative estimate of drug-likeness (QED) is 0.188. The summed E-state index contributed by atoms with van der Waals surface area (Å²) in [7, 11) is -5.67. The van der Waals surface area contributed by atoms with E-state index in [9.17, 15) is 10.2 Å². The zero-order valence-corrected chi connectivity index (χ0v) is 36.4. The van der Waals surface area contributed by atoms with Crippen molar-refractivity contribution in [2.45, 2.75) is 195 Å². The van der Waals surface area contributed by atoms with Gasteiger partial charge >= 0.3 is 0 Å². The van der Waals surface area contributed by atoms with Crippen LogP contribution in [0, 0.1) is 39.5 Å². The molecule has 0 saturated heterocycles. The van der Waals surface area contributed by atoms with Crippen LogP contribution < -0.4 is 0 Å². The molecule has 0 amide bonds. The average molecular weight is 681 g/mol. The van der Waals surface area contributed by atoms with E-state index >= 15 is 0 Å². The first kappa shape index (κ1) is 41.2. The Balaban J connectivity index is 2.51. The van der Waals surface area contributed by atoms with E-state index in [2.05, 4.69) is 140 Å². The molecule has 0 aromatic heterocycles. The van der Waals surface area contributed by atoms with Gasteiger partial charge in [-0.3, -0.25) is 0 Å². The predicted molar refractivity (Wildman–Crippen MR) is 202 cm³/mol. The Morgan fingerprint density at radius 2 is 1.31 bits per heavy atom. The molecule has 6 atom stereocenters. The number of hydrogen-bond acceptors (Lipinski definition) is 4. The van der Waals surface area contributed by atoms with Gasteiger partial charge in [0.1, 0.15) is 19.8 Å². The zero-order valence-electron chi connectivity index (χ0n) is 33.4. The van der Waals surface area contributed by atoms with Crippen LogP contribution in [0.25, 0.3) is 0 Å². The van der Waals surface area contributed by atoms with Crippen LogP contribution in [0.2, 0.25) is 55.9 Å². The highest BCUT2D eigenvalue weighted by molar-refractivity contribution is 6.83. The van der Waals surface area contributed by atoms with Crippen molar-refractivity contribution in [1.29, 1.82) is 0 Å². The first-order valence-corrected chi connectivity index (χ1v) is 27.3. The number of aliphatic hydroxyl groups is 2. The SMILES string of the molecule is CC(C)(CC[C@@H]1CC[C@H]2C(C)(C)[C@@](C)(O[Si](C)(C)C(C)(C)C)CC[C@]2(C)[C@@]1(O)[C@H](O)C#C[Si](C)(C)C)CO[Si](C)(C)C(C)(C)C. The van der Waals surface area contributed by atoms with E-state index in [1.165, 1.54) is 0 Å². The predicted octanol–water partition coefficient (Wildman–Crippen LogP) is 10.4. The molecule has 2 N–H and O–H groups in total. The van der Waals surface area contributed by atoms with Crippen LogP contribution in [-0.2, 0) is 8.85 Å². The van der Waals surface area contributed by atoms with E-state index in [0.717, 1.165) is 45.1 Å². The Bertz CT molecular complexity index is 1100. The second-order valence-electron chi connectivity index (χ2n) is 21.1. The molecule has 45 heavy (non-hydrogen) atoms. The number of hydrogen-bond donors (Lipinski definition) is 2. The lowest BCUT2D eigenvalue weighted by Gasteiger charge is -2.68. The monoisotopic (exact) mass is 681 g/mol. The minimum atomic E-state index is -2.04. The van der Waals surface area contributed by atoms with Crippen molar-refractivity contribution in [3.63, 3.8) is 0 Å². The summed E-state index contributed by atoms with van der Waals surface area (Å²) in [6.45, 7) is 44.5. The molecule has 0 radical (unpaired) electrons. The lowest BCUT2D eigenvalue weighted by Crippen LogP contribution is -2.72. The Kier molecular flexibility index (Phi) is 11.7. The summed E-state index contributed by atoms with van der Waals surface area (Å²) >= 11 is 0. The molecule has 0 spiro atoms. The van der Waals surface area contributed by atoms with Gasteiger partial charge in [0.15, 0.2) is 16.6 Å². The Morgan fingerprint density at radius 3 is 1.78 bits per heavy atom. The van der Waals surface area contributed by atoms with Gasteiger partial charge in [0.05, 0.1) is 5.60 Å². The fourth-order valence-corrected chi connectivity index (χ4v) is 11.3. The highest BCUT2D eigenvalue weighted by Gasteiger charge is 2.69. The van der Waals surface area contributed by atoms with Crippen LogP contribution >= 0.6 is 0 Å². The van der Waals surface area contributed by atoms with Crippen molar-refractivity contribution in [3.05, 3.63) is 0 Å². The molecule has 2 aliphatic carbocycles. The second kappa shape index (κ2) is 12.7. The van der Waals surface area contributed by atoms with E-state index in [0.29, 0.717) is 0 Å². The largest absolute Gasteiger partial charge is 0.416 e. The maximum absolute atomic E-state index is 13.2. The van der Waals surface area contributed by atoms with Crippen molar-refractivity contribution in [2.24, 2.45) is 28.1 Å². The molecule has 2 fully saturated rings. The summed E-state index contributed by atoms with van der Waals surface area (Å²) in [6, 6.07) is 0. The van der Waals surface area contributed by atoms with E-state index in [1.807, 2.05) is 0 Å². The fourth-order valence-electron chi connectivity index (χ4n) is 7.80. The van der Waals surface area contributed by atoms with Gasteiger partial charge in [0.2, 0.25) is 0 Å². The lowest BCUT2D eigenvalue weighted by atomic mass is 9.40. The van der Waals surface area contributed by atoms with Crippen LogP contribution in [-0.4, -0.2) is 58.8 Å². The van der Waals surface area contributed by atoms with Crippen LogP contribution in [0.4, 0.5) is 0 Å². The summed E-state index contributed by atoms with van der Waals surface area (Å²) in [4.78, 5) is 0. The summed E-state index contributed by atoms with van der Waals surface area (Å²) in [5.41, 5.74) is 1.14. The molecule has 0 aliphatic heterocycles. The summed E-state index contributed by atoms with van der Waals surface area (Å²) in [5, 5.41) is 25.5. The van der Waals surface area contributed by atoms with Crippen molar-refractivity contribution < 1.29 is 19.1 Å². The maximum atomic E-state index is 13.2. The molecular weight excluding hydrogens is 605 g/mol. The van der Waals surface area contributed by atoms with E-state index in [4.69, 9.17) is 8.85 Å². The van der Waals surface area contributed by atoms with Crippen molar-refractivity contribution in [1.82, 2.24) is 0 Å². The smallest absolute Gasteiger partial charge is 0.192 e. The third-order valence-electron chi connectivity index (χ3n) is 13.6. The second-order valence-corrected chi connectivity index (χ2v) is 35.3. The molecule has 0 unspecified atom stereocenters. The number of rotatable bonds is 9. The Hall–Kier alpha value is 0.0506.